The van der Waals surface area contributed by atoms with E-state index in [-0.39, 0.29) is 0 Å². The fourth-order valence-electron chi connectivity index (χ4n) is 2.71. The number of aliphatic hydroxyl groups is 1. The Bertz CT molecular complexity index is 390. The van der Waals surface area contributed by atoms with Crippen molar-refractivity contribution in [2.75, 3.05) is 13.6 Å². The van der Waals surface area contributed by atoms with Gasteiger partial charge in [-0.15, -0.1) is 0 Å². The Morgan fingerprint density at radius 2 is 2.06 bits per heavy atom. The van der Waals surface area contributed by atoms with Crippen LogP contribution in [0.25, 0.3) is 0 Å². The summed E-state index contributed by atoms with van der Waals surface area (Å²) in [7, 11) is 2.08. The number of likely N-dealkylation sites (tertiary alicyclic amines) is 1. The van der Waals surface area contributed by atoms with Crippen molar-refractivity contribution in [2.45, 2.75) is 38.8 Å². The van der Waals surface area contributed by atoms with Crippen LogP contribution in [0.2, 0.25) is 0 Å². The molecule has 0 bridgehead atoms. The summed E-state index contributed by atoms with van der Waals surface area (Å²) in [5, 5.41) is 10.8. The molecule has 1 fully saturated rings. The van der Waals surface area contributed by atoms with Crippen molar-refractivity contribution in [3.05, 3.63) is 34.9 Å². The number of aryl methyl sites for hydroxylation is 2. The minimum atomic E-state index is -0.662. The topological polar surface area (TPSA) is 23.5 Å². The van der Waals surface area contributed by atoms with Gasteiger partial charge >= 0.3 is 0 Å². The summed E-state index contributed by atoms with van der Waals surface area (Å²) in [5.74, 6) is 0. The molecule has 2 unspecified atom stereocenters. The van der Waals surface area contributed by atoms with E-state index in [2.05, 4.69) is 50.9 Å². The van der Waals surface area contributed by atoms with Gasteiger partial charge in [0.25, 0.3) is 0 Å². The minimum absolute atomic E-state index is 0.449. The molecule has 0 radical (unpaired) electrons. The SMILES string of the molecule is Cc1ccc(C)c(C2(O)CC(C)N(C)C2)c1. The van der Waals surface area contributed by atoms with Gasteiger partial charge in [0.05, 0.1) is 0 Å². The molecule has 1 aliphatic rings. The molecule has 0 spiro atoms. The van der Waals surface area contributed by atoms with E-state index in [1.807, 2.05) is 0 Å². The quantitative estimate of drug-likeness (QED) is 0.783. The molecule has 1 aromatic rings. The number of β-amino-alcohol motifs (C(OH)–C–C–N with tert-alkyl or cyclic N) is 1. The van der Waals surface area contributed by atoms with Crippen LogP contribution in [0.1, 0.15) is 30.0 Å². The van der Waals surface area contributed by atoms with Crippen molar-refractivity contribution < 1.29 is 5.11 Å². The summed E-state index contributed by atoms with van der Waals surface area (Å²) in [6, 6.07) is 6.78. The summed E-state index contributed by atoms with van der Waals surface area (Å²) in [5.41, 5.74) is 2.85. The van der Waals surface area contributed by atoms with Crippen LogP contribution >= 0.6 is 0 Å². The zero-order chi connectivity index (χ0) is 11.9. The fourth-order valence-corrected chi connectivity index (χ4v) is 2.71. The molecule has 0 saturated carbocycles. The van der Waals surface area contributed by atoms with E-state index in [9.17, 15) is 5.11 Å². The Hall–Kier alpha value is -0.860. The molecule has 1 heterocycles. The van der Waals surface area contributed by atoms with Gasteiger partial charge < -0.3 is 10.0 Å². The molecule has 2 atom stereocenters. The van der Waals surface area contributed by atoms with Gasteiger partial charge in [0.1, 0.15) is 5.60 Å². The summed E-state index contributed by atoms with van der Waals surface area (Å²) >= 11 is 0. The predicted octanol–water partition coefficient (Wildman–Crippen LogP) is 2.22. The lowest BCUT2D eigenvalue weighted by Crippen LogP contribution is -2.30. The molecule has 0 aromatic heterocycles. The second kappa shape index (κ2) is 3.86. The van der Waals surface area contributed by atoms with E-state index in [0.29, 0.717) is 6.04 Å². The van der Waals surface area contributed by atoms with E-state index in [4.69, 9.17) is 0 Å². The van der Waals surface area contributed by atoms with E-state index < -0.39 is 5.60 Å². The first kappa shape index (κ1) is 11.6. The normalized spacial score (nSPS) is 30.9. The summed E-state index contributed by atoms with van der Waals surface area (Å²) in [6.45, 7) is 7.06. The molecule has 16 heavy (non-hydrogen) atoms. The Balaban J connectivity index is 2.40. The van der Waals surface area contributed by atoms with Crippen LogP contribution in [0.5, 0.6) is 0 Å². The Morgan fingerprint density at radius 1 is 1.38 bits per heavy atom. The molecule has 1 aromatic carbocycles. The van der Waals surface area contributed by atoms with Crippen LogP contribution in [0.4, 0.5) is 0 Å². The third kappa shape index (κ3) is 1.87. The largest absolute Gasteiger partial charge is 0.384 e. The lowest BCUT2D eigenvalue weighted by atomic mass is 9.87. The summed E-state index contributed by atoms with van der Waals surface area (Å²) in [4.78, 5) is 2.22. The second-order valence-electron chi connectivity index (χ2n) is 5.32. The smallest absolute Gasteiger partial charge is 0.104 e. The third-order valence-corrected chi connectivity index (χ3v) is 3.79. The van der Waals surface area contributed by atoms with Crippen molar-refractivity contribution >= 4 is 0 Å². The Morgan fingerprint density at radius 3 is 2.62 bits per heavy atom. The molecule has 1 N–H and O–H groups in total. The second-order valence-corrected chi connectivity index (χ2v) is 5.32. The van der Waals surface area contributed by atoms with Gasteiger partial charge in [0.15, 0.2) is 0 Å². The van der Waals surface area contributed by atoms with Crippen LogP contribution in [-0.2, 0) is 5.60 Å². The van der Waals surface area contributed by atoms with Crippen molar-refractivity contribution in [1.82, 2.24) is 4.90 Å². The number of likely N-dealkylation sites (N-methyl/N-ethyl adjacent to an activating group) is 1. The third-order valence-electron chi connectivity index (χ3n) is 3.79. The van der Waals surface area contributed by atoms with Crippen LogP contribution < -0.4 is 0 Å². The van der Waals surface area contributed by atoms with Crippen LogP contribution in [0, 0.1) is 13.8 Å². The number of hydrogen-bond donors (Lipinski definition) is 1. The molecule has 88 valence electrons. The van der Waals surface area contributed by atoms with Gasteiger partial charge in [0.2, 0.25) is 0 Å². The van der Waals surface area contributed by atoms with Crippen molar-refractivity contribution in [1.29, 1.82) is 0 Å². The highest BCUT2D eigenvalue weighted by atomic mass is 16.3. The molecule has 0 aliphatic carbocycles. The fraction of sp³-hybridized carbons (Fsp3) is 0.571. The predicted molar refractivity (Wildman–Crippen MR) is 66.5 cm³/mol. The van der Waals surface area contributed by atoms with Gasteiger partial charge in [-0.3, -0.25) is 0 Å². The maximum atomic E-state index is 10.8. The van der Waals surface area contributed by atoms with Gasteiger partial charge in [0, 0.05) is 12.6 Å². The highest BCUT2D eigenvalue weighted by Crippen LogP contribution is 2.36. The first-order valence-electron chi connectivity index (χ1n) is 5.93. The van der Waals surface area contributed by atoms with Crippen LogP contribution in [0.3, 0.4) is 0 Å². The molecule has 2 rings (SSSR count). The van der Waals surface area contributed by atoms with Crippen molar-refractivity contribution in [2.24, 2.45) is 0 Å². The lowest BCUT2D eigenvalue weighted by molar-refractivity contribution is 0.0479. The van der Waals surface area contributed by atoms with Crippen molar-refractivity contribution in [3.8, 4) is 0 Å². The van der Waals surface area contributed by atoms with E-state index in [0.717, 1.165) is 18.5 Å². The maximum Gasteiger partial charge on any atom is 0.104 e. The van der Waals surface area contributed by atoms with E-state index in [1.165, 1.54) is 11.1 Å². The standard InChI is InChI=1S/C14H21NO/c1-10-5-6-11(2)13(7-10)14(16)8-12(3)15(4)9-14/h5-7,12,16H,8-9H2,1-4H3. The highest BCUT2D eigenvalue weighted by molar-refractivity contribution is 5.36. The maximum absolute atomic E-state index is 10.8. The van der Waals surface area contributed by atoms with E-state index >= 15 is 0 Å². The number of rotatable bonds is 1. The first-order chi connectivity index (χ1) is 7.42. The van der Waals surface area contributed by atoms with Crippen LogP contribution in [0.15, 0.2) is 18.2 Å². The average Bonchev–Trinajstić information content (AvgIpc) is 2.46. The minimum Gasteiger partial charge on any atom is -0.384 e. The van der Waals surface area contributed by atoms with E-state index in [1.54, 1.807) is 0 Å². The monoisotopic (exact) mass is 219 g/mol. The summed E-state index contributed by atoms with van der Waals surface area (Å²) in [6.07, 6.45) is 0.827. The average molecular weight is 219 g/mol. The number of nitrogens with zero attached hydrogens (tertiary/aromatic N) is 1. The molecule has 1 aliphatic heterocycles. The molecule has 0 amide bonds. The van der Waals surface area contributed by atoms with Gasteiger partial charge in [-0.2, -0.15) is 0 Å². The highest BCUT2D eigenvalue weighted by Gasteiger charge is 2.40. The molecule has 2 heteroatoms. The summed E-state index contributed by atoms with van der Waals surface area (Å²) < 4.78 is 0. The number of benzene rings is 1. The molecule has 2 nitrogen and oxygen atoms in total. The Labute approximate surface area is 97.9 Å². The molecule has 1 saturated heterocycles. The molecular formula is C14H21NO. The van der Waals surface area contributed by atoms with Crippen LogP contribution in [-0.4, -0.2) is 29.6 Å². The van der Waals surface area contributed by atoms with Gasteiger partial charge in [-0.25, -0.2) is 0 Å². The van der Waals surface area contributed by atoms with Crippen molar-refractivity contribution in [3.63, 3.8) is 0 Å². The molecular weight excluding hydrogens is 198 g/mol. The Kier molecular flexibility index (Phi) is 2.81. The number of hydrogen-bond acceptors (Lipinski definition) is 2. The zero-order valence-electron chi connectivity index (χ0n) is 10.6. The zero-order valence-corrected chi connectivity index (χ0v) is 10.6. The van der Waals surface area contributed by atoms with Gasteiger partial charge in [-0.1, -0.05) is 23.8 Å². The lowest BCUT2D eigenvalue weighted by Gasteiger charge is -2.25. The van der Waals surface area contributed by atoms with Gasteiger partial charge in [-0.05, 0) is 45.4 Å². The first-order valence-corrected chi connectivity index (χ1v) is 5.93.